The van der Waals surface area contributed by atoms with Gasteiger partial charge in [-0.3, -0.25) is 4.79 Å². The predicted octanol–water partition coefficient (Wildman–Crippen LogP) is 2.76. The monoisotopic (exact) mass is 387 g/mol. The van der Waals surface area contributed by atoms with Gasteiger partial charge in [0, 0.05) is 30.8 Å². The normalized spacial score (nSPS) is 14.8. The summed E-state index contributed by atoms with van der Waals surface area (Å²) < 4.78 is 5.20. The van der Waals surface area contributed by atoms with Gasteiger partial charge in [-0.2, -0.15) is 0 Å². The topological polar surface area (TPSA) is 94.7 Å². The first kappa shape index (κ1) is 20.2. The Bertz CT molecular complexity index is 858. The lowest BCUT2D eigenvalue weighted by Gasteiger charge is -2.28. The van der Waals surface area contributed by atoms with E-state index in [1.165, 1.54) is 6.42 Å². The fourth-order valence-corrected chi connectivity index (χ4v) is 3.70. The number of aromatic nitrogens is 1. The molecule has 1 aromatic carbocycles. The van der Waals surface area contributed by atoms with Crippen molar-refractivity contribution < 1.29 is 14.6 Å². The number of hydrogen-bond donors (Lipinski definition) is 3. The van der Waals surface area contributed by atoms with Crippen LogP contribution in [0.15, 0.2) is 29.1 Å². The van der Waals surface area contributed by atoms with Crippen molar-refractivity contribution in [2.75, 3.05) is 20.3 Å². The number of rotatable bonds is 7. The number of carbonyl (C=O) groups is 1. The van der Waals surface area contributed by atoms with Crippen LogP contribution < -0.4 is 15.6 Å². The molecule has 0 radical (unpaired) electrons. The van der Waals surface area contributed by atoms with Crippen LogP contribution in [0.3, 0.4) is 0 Å². The molecule has 1 aromatic heterocycles. The van der Waals surface area contributed by atoms with Gasteiger partial charge in [-0.1, -0.05) is 19.3 Å². The maximum absolute atomic E-state index is 12.8. The first-order valence-corrected chi connectivity index (χ1v) is 9.97. The minimum Gasteiger partial charge on any atom is -0.497 e. The van der Waals surface area contributed by atoms with E-state index in [1.807, 2.05) is 18.2 Å². The van der Waals surface area contributed by atoms with Gasteiger partial charge in [-0.15, -0.1) is 0 Å². The molecule has 1 aliphatic rings. The van der Waals surface area contributed by atoms with Crippen molar-refractivity contribution in [1.29, 1.82) is 0 Å². The molecule has 0 spiro atoms. The lowest BCUT2D eigenvalue weighted by Crippen LogP contribution is -2.46. The summed E-state index contributed by atoms with van der Waals surface area (Å²) in [6.07, 6.45) is 5.96. The molecule has 3 N–H and O–H groups in total. The SMILES string of the molecule is COc1ccc2cc(CN(CCCO)C(=O)NC3CCCCC3)c(=O)[nH]c2c1. The summed E-state index contributed by atoms with van der Waals surface area (Å²) in [4.78, 5) is 29.8. The number of ether oxygens (including phenoxy) is 1. The minimum atomic E-state index is -0.222. The molecule has 152 valence electrons. The minimum absolute atomic E-state index is 0.00107. The number of methoxy groups -OCH3 is 1. The van der Waals surface area contributed by atoms with Crippen molar-refractivity contribution in [3.8, 4) is 5.75 Å². The molecule has 1 fully saturated rings. The molecule has 0 bridgehead atoms. The number of amides is 2. The highest BCUT2D eigenvalue weighted by atomic mass is 16.5. The zero-order valence-corrected chi connectivity index (χ0v) is 16.4. The zero-order chi connectivity index (χ0) is 19.9. The second-order valence-electron chi connectivity index (χ2n) is 7.36. The average Bonchev–Trinajstić information content (AvgIpc) is 2.71. The third-order valence-corrected chi connectivity index (χ3v) is 5.30. The van der Waals surface area contributed by atoms with Crippen LogP contribution in [0.4, 0.5) is 4.79 Å². The maximum atomic E-state index is 12.8. The van der Waals surface area contributed by atoms with Crippen LogP contribution in [0.2, 0.25) is 0 Å². The van der Waals surface area contributed by atoms with Crippen LogP contribution >= 0.6 is 0 Å². The Morgan fingerprint density at radius 3 is 2.79 bits per heavy atom. The van der Waals surface area contributed by atoms with E-state index in [4.69, 9.17) is 4.74 Å². The second kappa shape index (κ2) is 9.59. The first-order valence-electron chi connectivity index (χ1n) is 9.97. The van der Waals surface area contributed by atoms with Gasteiger partial charge in [0.25, 0.3) is 5.56 Å². The molecule has 1 heterocycles. The van der Waals surface area contributed by atoms with Crippen molar-refractivity contribution in [3.05, 3.63) is 40.2 Å². The molecule has 7 heteroatoms. The summed E-state index contributed by atoms with van der Waals surface area (Å²) in [5.74, 6) is 0.673. The summed E-state index contributed by atoms with van der Waals surface area (Å²) >= 11 is 0. The average molecular weight is 387 g/mol. The number of aromatic amines is 1. The second-order valence-corrected chi connectivity index (χ2v) is 7.36. The van der Waals surface area contributed by atoms with Crippen molar-refractivity contribution in [1.82, 2.24) is 15.2 Å². The Morgan fingerprint density at radius 2 is 2.07 bits per heavy atom. The van der Waals surface area contributed by atoms with Crippen molar-refractivity contribution >= 4 is 16.9 Å². The highest BCUT2D eigenvalue weighted by molar-refractivity contribution is 5.80. The molecule has 3 rings (SSSR count). The van der Waals surface area contributed by atoms with E-state index in [9.17, 15) is 14.7 Å². The number of urea groups is 1. The van der Waals surface area contributed by atoms with E-state index in [1.54, 1.807) is 18.1 Å². The van der Waals surface area contributed by atoms with Gasteiger partial charge in [-0.05, 0) is 42.8 Å². The van der Waals surface area contributed by atoms with E-state index < -0.39 is 0 Å². The number of aliphatic hydroxyl groups is 1. The molecule has 1 aliphatic carbocycles. The molecule has 2 amide bonds. The summed E-state index contributed by atoms with van der Waals surface area (Å²) in [6, 6.07) is 7.33. The van der Waals surface area contributed by atoms with Crippen LogP contribution in [0.1, 0.15) is 44.1 Å². The number of carbonyl (C=O) groups excluding carboxylic acids is 1. The Labute approximate surface area is 164 Å². The largest absolute Gasteiger partial charge is 0.497 e. The van der Waals surface area contributed by atoms with Crippen LogP contribution in [0, 0.1) is 0 Å². The van der Waals surface area contributed by atoms with Crippen LogP contribution in [-0.4, -0.2) is 47.3 Å². The fourth-order valence-electron chi connectivity index (χ4n) is 3.70. The molecule has 0 aliphatic heterocycles. The fraction of sp³-hybridized carbons (Fsp3) is 0.524. The summed E-state index contributed by atoms with van der Waals surface area (Å²) in [7, 11) is 1.58. The van der Waals surface area contributed by atoms with Crippen molar-refractivity contribution in [2.45, 2.75) is 51.1 Å². The van der Waals surface area contributed by atoms with Crippen molar-refractivity contribution in [2.24, 2.45) is 0 Å². The third kappa shape index (κ3) is 5.04. The summed E-state index contributed by atoms with van der Waals surface area (Å²) in [5, 5.41) is 13.2. The van der Waals surface area contributed by atoms with E-state index in [0.717, 1.165) is 31.1 Å². The van der Waals surface area contributed by atoms with Gasteiger partial charge in [0.05, 0.1) is 19.2 Å². The quantitative estimate of drug-likeness (QED) is 0.681. The molecular formula is C21H29N3O4. The Hall–Kier alpha value is -2.54. The van der Waals surface area contributed by atoms with Gasteiger partial charge in [0.1, 0.15) is 5.75 Å². The van der Waals surface area contributed by atoms with Gasteiger partial charge in [0.15, 0.2) is 0 Å². The lowest BCUT2D eigenvalue weighted by atomic mass is 9.96. The molecule has 0 saturated heterocycles. The number of nitrogens with one attached hydrogen (secondary N) is 2. The number of fused-ring (bicyclic) bond motifs is 1. The molecule has 0 atom stereocenters. The Kier molecular flexibility index (Phi) is 6.92. The summed E-state index contributed by atoms with van der Waals surface area (Å²) in [5.41, 5.74) is 0.997. The van der Waals surface area contributed by atoms with E-state index in [0.29, 0.717) is 29.8 Å². The first-order chi connectivity index (χ1) is 13.6. The maximum Gasteiger partial charge on any atom is 0.317 e. The van der Waals surface area contributed by atoms with E-state index in [-0.39, 0.29) is 30.8 Å². The smallest absolute Gasteiger partial charge is 0.317 e. The Balaban J connectivity index is 1.78. The third-order valence-electron chi connectivity index (χ3n) is 5.30. The number of pyridine rings is 1. The lowest BCUT2D eigenvalue weighted by molar-refractivity contribution is 0.179. The molecular weight excluding hydrogens is 358 g/mol. The number of H-pyrrole nitrogens is 1. The van der Waals surface area contributed by atoms with E-state index >= 15 is 0 Å². The van der Waals surface area contributed by atoms with Crippen LogP contribution in [0.5, 0.6) is 5.75 Å². The van der Waals surface area contributed by atoms with Gasteiger partial charge >= 0.3 is 6.03 Å². The van der Waals surface area contributed by atoms with Gasteiger partial charge in [-0.25, -0.2) is 4.79 Å². The van der Waals surface area contributed by atoms with Gasteiger partial charge in [0.2, 0.25) is 0 Å². The molecule has 2 aromatic rings. The highest BCUT2D eigenvalue weighted by Crippen LogP contribution is 2.20. The predicted molar refractivity (Wildman–Crippen MR) is 109 cm³/mol. The summed E-state index contributed by atoms with van der Waals surface area (Å²) in [6.45, 7) is 0.603. The molecule has 0 unspecified atom stereocenters. The molecule has 7 nitrogen and oxygen atoms in total. The molecule has 1 saturated carbocycles. The standard InChI is InChI=1S/C21H29N3O4/c1-28-18-9-8-15-12-16(20(26)23-19(15)13-18)14-24(10-5-11-25)21(27)22-17-6-3-2-4-7-17/h8-9,12-13,17,25H,2-7,10-11,14H2,1H3,(H,22,27)(H,23,26). The van der Waals surface area contributed by atoms with Crippen LogP contribution in [0.25, 0.3) is 10.9 Å². The van der Waals surface area contributed by atoms with E-state index in [2.05, 4.69) is 10.3 Å². The molecule has 28 heavy (non-hydrogen) atoms. The number of benzene rings is 1. The Morgan fingerprint density at radius 1 is 1.29 bits per heavy atom. The number of hydrogen-bond acceptors (Lipinski definition) is 4. The zero-order valence-electron chi connectivity index (χ0n) is 16.4. The van der Waals surface area contributed by atoms with Crippen LogP contribution in [-0.2, 0) is 6.54 Å². The highest BCUT2D eigenvalue weighted by Gasteiger charge is 2.21. The number of nitrogens with zero attached hydrogens (tertiary/aromatic N) is 1. The number of aliphatic hydroxyl groups excluding tert-OH is 1. The van der Waals surface area contributed by atoms with Crippen molar-refractivity contribution in [3.63, 3.8) is 0 Å². The van der Waals surface area contributed by atoms with Gasteiger partial charge < -0.3 is 25.0 Å².